The van der Waals surface area contributed by atoms with E-state index in [4.69, 9.17) is 4.99 Å². The summed E-state index contributed by atoms with van der Waals surface area (Å²) in [6, 6.07) is 0.700. The van der Waals surface area contributed by atoms with Gasteiger partial charge in [0, 0.05) is 11.8 Å². The molecular formula is C14H27NSSi. The van der Waals surface area contributed by atoms with Gasteiger partial charge in [0.2, 0.25) is 0 Å². The molecule has 0 radical (unpaired) electrons. The molecule has 98 valence electrons. The molecule has 0 amide bonds. The van der Waals surface area contributed by atoms with Gasteiger partial charge < -0.3 is 0 Å². The van der Waals surface area contributed by atoms with Gasteiger partial charge in [-0.1, -0.05) is 32.5 Å². The van der Waals surface area contributed by atoms with E-state index in [2.05, 4.69) is 30.9 Å². The van der Waals surface area contributed by atoms with Crippen LogP contribution in [-0.4, -0.2) is 24.2 Å². The van der Waals surface area contributed by atoms with Crippen LogP contribution in [0, 0.1) is 0 Å². The van der Waals surface area contributed by atoms with E-state index in [0.29, 0.717) is 6.04 Å². The van der Waals surface area contributed by atoms with Gasteiger partial charge in [-0.05, 0) is 43.8 Å². The molecule has 0 bridgehead atoms. The van der Waals surface area contributed by atoms with Crippen molar-refractivity contribution in [2.24, 2.45) is 4.99 Å². The topological polar surface area (TPSA) is 12.4 Å². The Hall–Kier alpha value is 0.237. The Kier molecular flexibility index (Phi) is 4.76. The van der Waals surface area contributed by atoms with Crippen molar-refractivity contribution < 1.29 is 0 Å². The summed E-state index contributed by atoms with van der Waals surface area (Å²) in [4.78, 5) is 4.98. The van der Waals surface area contributed by atoms with Crippen LogP contribution in [0.15, 0.2) is 4.99 Å². The average molecular weight is 270 g/mol. The summed E-state index contributed by atoms with van der Waals surface area (Å²) < 4.78 is 0. The molecule has 0 aliphatic heterocycles. The molecule has 0 aromatic carbocycles. The highest BCUT2D eigenvalue weighted by Crippen LogP contribution is 2.34. The van der Waals surface area contributed by atoms with Crippen molar-refractivity contribution in [2.45, 2.75) is 82.3 Å². The van der Waals surface area contributed by atoms with Crippen LogP contribution in [0.4, 0.5) is 0 Å². The van der Waals surface area contributed by atoms with Crippen molar-refractivity contribution in [1.82, 2.24) is 0 Å². The minimum absolute atomic E-state index is 0.700. The lowest BCUT2D eigenvalue weighted by molar-refractivity contribution is 0.653. The van der Waals surface area contributed by atoms with Crippen LogP contribution < -0.4 is 0 Å². The molecular weight excluding hydrogens is 242 g/mol. The monoisotopic (exact) mass is 269 g/mol. The molecule has 0 aromatic heterocycles. The lowest BCUT2D eigenvalue weighted by Crippen LogP contribution is -2.25. The van der Waals surface area contributed by atoms with Crippen molar-refractivity contribution in [3.8, 4) is 0 Å². The Bertz CT molecular complexity index is 266. The van der Waals surface area contributed by atoms with Gasteiger partial charge >= 0.3 is 0 Å². The highest BCUT2D eigenvalue weighted by molar-refractivity contribution is 8.29. The fraction of sp³-hybridized carbons (Fsp3) is 0.929. The molecule has 2 aliphatic rings. The molecule has 2 aliphatic carbocycles. The summed E-state index contributed by atoms with van der Waals surface area (Å²) in [6.45, 7) is 7.42. The largest absolute Gasteiger partial charge is 0.291 e. The molecule has 2 saturated carbocycles. The number of rotatable bonds is 3. The number of hydrogen-bond acceptors (Lipinski definition) is 2. The third kappa shape index (κ3) is 4.78. The second-order valence-corrected chi connectivity index (χ2v) is 16.1. The van der Waals surface area contributed by atoms with Gasteiger partial charge in [0.1, 0.15) is 7.22 Å². The third-order valence-corrected chi connectivity index (χ3v) is 8.35. The first-order chi connectivity index (χ1) is 8.03. The first kappa shape index (κ1) is 13.7. The van der Waals surface area contributed by atoms with Gasteiger partial charge in [0.15, 0.2) is 0 Å². The van der Waals surface area contributed by atoms with E-state index in [9.17, 15) is 0 Å². The lowest BCUT2D eigenvalue weighted by atomic mass is 9.97. The molecule has 0 heterocycles. The molecule has 0 N–H and O–H groups in total. The van der Waals surface area contributed by atoms with Crippen molar-refractivity contribution in [2.75, 3.05) is 0 Å². The van der Waals surface area contributed by atoms with Crippen LogP contribution in [0.2, 0.25) is 19.6 Å². The summed E-state index contributed by atoms with van der Waals surface area (Å²) in [5, 5.41) is 0.934. The molecule has 2 rings (SSSR count). The molecule has 1 nitrogen and oxygen atoms in total. The average Bonchev–Trinajstić information content (AvgIpc) is 2.71. The molecule has 0 unspecified atom stereocenters. The highest BCUT2D eigenvalue weighted by atomic mass is 32.4. The minimum atomic E-state index is -0.926. The van der Waals surface area contributed by atoms with Crippen LogP contribution in [-0.2, 0) is 0 Å². The molecule has 0 atom stereocenters. The SMILES string of the molecule is C[Si](C)(C)SC1CCC(=NC2CCCC2)CC1. The zero-order valence-corrected chi connectivity index (χ0v) is 13.5. The summed E-state index contributed by atoms with van der Waals surface area (Å²) >= 11 is 2.31. The van der Waals surface area contributed by atoms with Crippen molar-refractivity contribution in [3.63, 3.8) is 0 Å². The van der Waals surface area contributed by atoms with E-state index in [1.807, 2.05) is 0 Å². The highest BCUT2D eigenvalue weighted by Gasteiger charge is 2.25. The first-order valence-corrected chi connectivity index (χ1v) is 12.4. The van der Waals surface area contributed by atoms with Gasteiger partial charge in [0.05, 0.1) is 0 Å². The Morgan fingerprint density at radius 3 is 2.12 bits per heavy atom. The standard InChI is InChI=1S/C14H27NSSi/c1-17(2,3)16-14-10-8-13(9-11-14)15-12-6-4-5-7-12/h12,14H,4-11H2,1-3H3. The van der Waals surface area contributed by atoms with Crippen LogP contribution in [0.5, 0.6) is 0 Å². The zero-order chi connectivity index (χ0) is 12.3. The van der Waals surface area contributed by atoms with Crippen molar-refractivity contribution in [1.29, 1.82) is 0 Å². The summed E-state index contributed by atoms with van der Waals surface area (Å²) in [7, 11) is -0.926. The van der Waals surface area contributed by atoms with Crippen LogP contribution in [0.3, 0.4) is 0 Å². The maximum atomic E-state index is 4.98. The van der Waals surface area contributed by atoms with Crippen molar-refractivity contribution >= 4 is 24.1 Å². The Morgan fingerprint density at radius 2 is 1.59 bits per heavy atom. The molecule has 17 heavy (non-hydrogen) atoms. The summed E-state index contributed by atoms with van der Waals surface area (Å²) in [6.07, 6.45) is 10.9. The fourth-order valence-corrected chi connectivity index (χ4v) is 8.14. The number of aliphatic imine (C=N–C) groups is 1. The minimum Gasteiger partial charge on any atom is -0.291 e. The molecule has 0 saturated heterocycles. The maximum Gasteiger partial charge on any atom is 0.108 e. The van der Waals surface area contributed by atoms with Gasteiger partial charge in [-0.25, -0.2) is 0 Å². The van der Waals surface area contributed by atoms with Crippen LogP contribution >= 0.6 is 11.2 Å². The smallest absolute Gasteiger partial charge is 0.108 e. The van der Waals surface area contributed by atoms with Crippen LogP contribution in [0.25, 0.3) is 0 Å². The second-order valence-electron chi connectivity index (χ2n) is 6.56. The molecule has 3 heteroatoms. The van der Waals surface area contributed by atoms with Crippen molar-refractivity contribution in [3.05, 3.63) is 0 Å². The van der Waals surface area contributed by atoms with E-state index < -0.39 is 7.22 Å². The third-order valence-electron chi connectivity index (χ3n) is 3.72. The Morgan fingerprint density at radius 1 is 1.00 bits per heavy atom. The quantitative estimate of drug-likeness (QED) is 0.665. The molecule has 2 fully saturated rings. The van der Waals surface area contributed by atoms with Crippen LogP contribution in [0.1, 0.15) is 51.4 Å². The first-order valence-electron chi connectivity index (χ1n) is 7.26. The molecule has 0 aromatic rings. The number of nitrogens with zero attached hydrogens (tertiary/aromatic N) is 1. The zero-order valence-electron chi connectivity index (χ0n) is 11.7. The normalized spacial score (nSPS) is 27.5. The summed E-state index contributed by atoms with van der Waals surface area (Å²) in [5.41, 5.74) is 1.55. The van der Waals surface area contributed by atoms with E-state index in [1.165, 1.54) is 51.4 Å². The number of hydrogen-bond donors (Lipinski definition) is 0. The van der Waals surface area contributed by atoms with Gasteiger partial charge in [-0.2, -0.15) is 11.2 Å². The summed E-state index contributed by atoms with van der Waals surface area (Å²) in [5.74, 6) is 0. The van der Waals surface area contributed by atoms with Gasteiger partial charge in [0.25, 0.3) is 0 Å². The predicted molar refractivity (Wildman–Crippen MR) is 82.9 cm³/mol. The van der Waals surface area contributed by atoms with E-state index in [1.54, 1.807) is 5.71 Å². The van der Waals surface area contributed by atoms with E-state index in [0.717, 1.165) is 5.25 Å². The van der Waals surface area contributed by atoms with E-state index in [-0.39, 0.29) is 0 Å². The van der Waals surface area contributed by atoms with Gasteiger partial charge in [-0.15, -0.1) is 0 Å². The van der Waals surface area contributed by atoms with Gasteiger partial charge in [-0.3, -0.25) is 4.99 Å². The Balaban J connectivity index is 1.77. The fourth-order valence-electron chi connectivity index (χ4n) is 2.96. The maximum absolute atomic E-state index is 4.98. The lowest BCUT2D eigenvalue weighted by Gasteiger charge is -2.28. The second kappa shape index (κ2) is 5.92. The molecule has 0 spiro atoms. The predicted octanol–water partition coefficient (Wildman–Crippen LogP) is 4.88. The van der Waals surface area contributed by atoms with E-state index >= 15 is 0 Å². The Labute approximate surface area is 112 Å².